The maximum atomic E-state index is 13.1. The molecule has 2 N–H and O–H groups in total. The van der Waals surface area contributed by atoms with Crippen LogP contribution in [0.4, 0.5) is 11.4 Å². The molecular formula is C26H31N9O2. The monoisotopic (exact) mass is 501 g/mol. The van der Waals surface area contributed by atoms with E-state index in [1.54, 1.807) is 23.7 Å². The number of aromatic nitrogens is 6. The van der Waals surface area contributed by atoms with Crippen molar-refractivity contribution in [1.29, 1.82) is 0 Å². The molecule has 37 heavy (non-hydrogen) atoms. The standard InChI is InChI=1S/C26H31N9O2/c1-5-34-18(4)21(13-28-34)19-8-9-23-25(31-32-35(23)14-19)26(37)30-22-11-20(12-27-17(22)3)29-24(36)15-33-10-6-7-16(33)2/h8-9,11-14,16H,5-7,10,15H2,1-4H3,(H,29,36)(H,30,37)/t16-/m0/s1. The lowest BCUT2D eigenvalue weighted by atomic mass is 10.1. The average molecular weight is 502 g/mol. The Bertz CT molecular complexity index is 1470. The first-order chi connectivity index (χ1) is 17.8. The average Bonchev–Trinajstić information content (AvgIpc) is 3.59. The second-order valence-corrected chi connectivity index (χ2v) is 9.47. The van der Waals surface area contributed by atoms with Gasteiger partial charge < -0.3 is 10.6 Å². The number of likely N-dealkylation sites (tertiary alicyclic amines) is 1. The number of anilines is 2. The predicted octanol–water partition coefficient (Wildman–Crippen LogP) is 3.30. The number of hydrogen-bond acceptors (Lipinski definition) is 7. The van der Waals surface area contributed by atoms with E-state index in [9.17, 15) is 9.59 Å². The van der Waals surface area contributed by atoms with Gasteiger partial charge in [-0.15, -0.1) is 5.10 Å². The van der Waals surface area contributed by atoms with Crippen LogP contribution >= 0.6 is 0 Å². The maximum absolute atomic E-state index is 13.1. The molecule has 1 aliphatic rings. The van der Waals surface area contributed by atoms with E-state index in [1.165, 1.54) is 0 Å². The van der Waals surface area contributed by atoms with Crippen molar-refractivity contribution in [2.24, 2.45) is 0 Å². The number of pyridine rings is 2. The number of amides is 2. The minimum atomic E-state index is -0.406. The van der Waals surface area contributed by atoms with Gasteiger partial charge in [-0.3, -0.25) is 24.2 Å². The summed E-state index contributed by atoms with van der Waals surface area (Å²) in [6, 6.07) is 5.88. The summed E-state index contributed by atoms with van der Waals surface area (Å²) in [6.07, 6.45) is 7.48. The molecule has 0 saturated carbocycles. The Morgan fingerprint density at radius 1 is 1.16 bits per heavy atom. The Balaban J connectivity index is 1.31. The molecule has 4 aromatic rings. The Labute approximate surface area is 214 Å². The third kappa shape index (κ3) is 4.94. The Kier molecular flexibility index (Phi) is 6.70. The molecular weight excluding hydrogens is 470 g/mol. The normalized spacial score (nSPS) is 15.8. The van der Waals surface area contributed by atoms with Crippen molar-refractivity contribution in [2.45, 2.75) is 53.1 Å². The molecule has 0 aromatic carbocycles. The van der Waals surface area contributed by atoms with E-state index in [0.29, 0.717) is 35.2 Å². The second kappa shape index (κ2) is 10.1. The summed E-state index contributed by atoms with van der Waals surface area (Å²) in [6.45, 7) is 10.1. The van der Waals surface area contributed by atoms with Crippen LogP contribution in [-0.4, -0.2) is 65.4 Å². The number of carbonyl (C=O) groups excluding carboxylic acids is 2. The quantitative estimate of drug-likeness (QED) is 0.398. The van der Waals surface area contributed by atoms with Crippen LogP contribution in [0.15, 0.2) is 36.8 Å². The Morgan fingerprint density at radius 3 is 2.73 bits per heavy atom. The molecule has 1 aliphatic heterocycles. The van der Waals surface area contributed by atoms with Crippen LogP contribution in [0, 0.1) is 13.8 Å². The van der Waals surface area contributed by atoms with Gasteiger partial charge in [0.05, 0.1) is 41.5 Å². The summed E-state index contributed by atoms with van der Waals surface area (Å²) in [5, 5.41) is 18.5. The van der Waals surface area contributed by atoms with Gasteiger partial charge in [0, 0.05) is 35.6 Å². The van der Waals surface area contributed by atoms with Gasteiger partial charge in [0.15, 0.2) is 5.69 Å². The second-order valence-electron chi connectivity index (χ2n) is 9.47. The summed E-state index contributed by atoms with van der Waals surface area (Å²) in [5.41, 5.74) is 5.43. The summed E-state index contributed by atoms with van der Waals surface area (Å²) < 4.78 is 3.52. The van der Waals surface area contributed by atoms with E-state index in [0.717, 1.165) is 42.8 Å². The zero-order valence-corrected chi connectivity index (χ0v) is 21.5. The first-order valence-electron chi connectivity index (χ1n) is 12.5. The number of nitrogens with one attached hydrogen (secondary N) is 2. The van der Waals surface area contributed by atoms with Gasteiger partial charge in [0.2, 0.25) is 5.91 Å². The number of fused-ring (bicyclic) bond motifs is 1. The molecule has 11 heteroatoms. The van der Waals surface area contributed by atoms with Gasteiger partial charge in [-0.25, -0.2) is 4.52 Å². The molecule has 1 saturated heterocycles. The first kappa shape index (κ1) is 24.6. The molecule has 0 spiro atoms. The summed E-state index contributed by atoms with van der Waals surface area (Å²) >= 11 is 0. The number of carbonyl (C=O) groups is 2. The molecule has 0 aliphatic carbocycles. The number of nitrogens with zero attached hydrogens (tertiary/aromatic N) is 7. The lowest BCUT2D eigenvalue weighted by Gasteiger charge is -2.20. The van der Waals surface area contributed by atoms with Crippen molar-refractivity contribution in [3.8, 4) is 11.1 Å². The zero-order valence-electron chi connectivity index (χ0n) is 21.5. The summed E-state index contributed by atoms with van der Waals surface area (Å²) in [4.78, 5) is 32.2. The molecule has 192 valence electrons. The third-order valence-corrected chi connectivity index (χ3v) is 7.00. The van der Waals surface area contributed by atoms with E-state index in [2.05, 4.69) is 42.9 Å². The third-order valence-electron chi connectivity index (χ3n) is 7.00. The highest BCUT2D eigenvalue weighted by molar-refractivity contribution is 6.08. The number of rotatable bonds is 7. The lowest BCUT2D eigenvalue weighted by Crippen LogP contribution is -2.35. The molecule has 1 atom stereocenters. The predicted molar refractivity (Wildman–Crippen MR) is 140 cm³/mol. The Morgan fingerprint density at radius 2 is 2.00 bits per heavy atom. The van der Waals surface area contributed by atoms with Crippen molar-refractivity contribution in [1.82, 2.24) is 34.5 Å². The molecule has 4 aromatic heterocycles. The van der Waals surface area contributed by atoms with Crippen molar-refractivity contribution in [3.63, 3.8) is 0 Å². The summed E-state index contributed by atoms with van der Waals surface area (Å²) in [7, 11) is 0. The lowest BCUT2D eigenvalue weighted by molar-refractivity contribution is -0.117. The van der Waals surface area contributed by atoms with Crippen LogP contribution in [0.5, 0.6) is 0 Å². The highest BCUT2D eigenvalue weighted by Gasteiger charge is 2.23. The van der Waals surface area contributed by atoms with Crippen LogP contribution < -0.4 is 10.6 Å². The van der Waals surface area contributed by atoms with E-state index >= 15 is 0 Å². The van der Waals surface area contributed by atoms with E-state index in [4.69, 9.17) is 0 Å². The SMILES string of the molecule is CCn1ncc(-c2ccc3c(C(=O)Nc4cc(NC(=O)CN5CCC[C@@H]5C)cnc4C)nnn3c2)c1C. The fourth-order valence-corrected chi connectivity index (χ4v) is 4.79. The maximum Gasteiger partial charge on any atom is 0.278 e. The number of aryl methyl sites for hydroxylation is 2. The van der Waals surface area contributed by atoms with Gasteiger partial charge in [0.1, 0.15) is 0 Å². The van der Waals surface area contributed by atoms with Crippen molar-refractivity contribution in [3.05, 3.63) is 53.9 Å². The largest absolute Gasteiger partial charge is 0.324 e. The highest BCUT2D eigenvalue weighted by Crippen LogP contribution is 2.25. The Hall–Kier alpha value is -4.12. The van der Waals surface area contributed by atoms with Crippen LogP contribution in [0.3, 0.4) is 0 Å². The zero-order chi connectivity index (χ0) is 26.1. The molecule has 11 nitrogen and oxygen atoms in total. The van der Waals surface area contributed by atoms with Gasteiger partial charge in [-0.2, -0.15) is 5.10 Å². The van der Waals surface area contributed by atoms with Crippen LogP contribution in [0.25, 0.3) is 16.6 Å². The molecule has 0 radical (unpaired) electrons. The van der Waals surface area contributed by atoms with E-state index < -0.39 is 5.91 Å². The van der Waals surface area contributed by atoms with E-state index in [-0.39, 0.29) is 11.6 Å². The van der Waals surface area contributed by atoms with Gasteiger partial charge in [-0.1, -0.05) is 11.3 Å². The van der Waals surface area contributed by atoms with E-state index in [1.807, 2.05) is 43.1 Å². The molecule has 0 bridgehead atoms. The van der Waals surface area contributed by atoms with Gasteiger partial charge in [0.25, 0.3) is 5.91 Å². The van der Waals surface area contributed by atoms with Gasteiger partial charge >= 0.3 is 0 Å². The summed E-state index contributed by atoms with van der Waals surface area (Å²) in [5.74, 6) is -0.506. The van der Waals surface area contributed by atoms with Crippen LogP contribution in [0.2, 0.25) is 0 Å². The topological polar surface area (TPSA) is 122 Å². The van der Waals surface area contributed by atoms with Gasteiger partial charge in [-0.05, 0) is 59.2 Å². The van der Waals surface area contributed by atoms with Crippen molar-refractivity contribution >= 4 is 28.7 Å². The van der Waals surface area contributed by atoms with Crippen LogP contribution in [-0.2, 0) is 11.3 Å². The molecule has 0 unspecified atom stereocenters. The fourth-order valence-electron chi connectivity index (χ4n) is 4.79. The first-order valence-corrected chi connectivity index (χ1v) is 12.5. The smallest absolute Gasteiger partial charge is 0.278 e. The minimum absolute atomic E-state index is 0.100. The molecule has 1 fully saturated rings. The minimum Gasteiger partial charge on any atom is -0.324 e. The van der Waals surface area contributed by atoms with Crippen molar-refractivity contribution in [2.75, 3.05) is 23.7 Å². The van der Waals surface area contributed by atoms with Crippen molar-refractivity contribution < 1.29 is 9.59 Å². The fraction of sp³-hybridized carbons (Fsp3) is 0.385. The van der Waals surface area contributed by atoms with Crippen LogP contribution in [0.1, 0.15) is 48.6 Å². The number of hydrogen-bond donors (Lipinski definition) is 2. The highest BCUT2D eigenvalue weighted by atomic mass is 16.2. The molecule has 5 heterocycles. The molecule has 5 rings (SSSR count). The molecule has 2 amide bonds.